The molecule has 0 radical (unpaired) electrons. The maximum absolute atomic E-state index is 13.9. The third-order valence-corrected chi connectivity index (χ3v) is 6.16. The zero-order valence-electron chi connectivity index (χ0n) is 18.7. The largest absolute Gasteiger partial charge is 0.494 e. The number of nitrogens with zero attached hydrogens (tertiary/aromatic N) is 4. The van der Waals surface area contributed by atoms with Crippen LogP contribution in [0.3, 0.4) is 0 Å². The van der Waals surface area contributed by atoms with Crippen molar-refractivity contribution >= 4 is 29.1 Å². The zero-order valence-corrected chi connectivity index (χ0v) is 19.5. The highest BCUT2D eigenvalue weighted by molar-refractivity contribution is 6.29. The predicted molar refractivity (Wildman–Crippen MR) is 126 cm³/mol. The fraction of sp³-hybridized carbons (Fsp3) is 0.208. The van der Waals surface area contributed by atoms with Gasteiger partial charge < -0.3 is 19.9 Å². The summed E-state index contributed by atoms with van der Waals surface area (Å²) in [5.41, 5.74) is 3.22. The normalized spacial score (nSPS) is 14.6. The van der Waals surface area contributed by atoms with Crippen molar-refractivity contribution in [3.05, 3.63) is 82.3 Å². The van der Waals surface area contributed by atoms with Crippen molar-refractivity contribution in [2.45, 2.75) is 18.8 Å². The molecule has 1 aliphatic rings. The Balaban J connectivity index is 1.50. The monoisotopic (exact) mass is 500 g/mol. The molecule has 5 rings (SSSR count). The Morgan fingerprint density at radius 2 is 1.89 bits per heavy atom. The van der Waals surface area contributed by atoms with E-state index in [1.165, 1.54) is 0 Å². The lowest BCUT2D eigenvalue weighted by Gasteiger charge is -2.16. The van der Waals surface area contributed by atoms with Gasteiger partial charge in [-0.25, -0.2) is 23.1 Å². The Hall–Kier alpha value is -3.79. The van der Waals surface area contributed by atoms with E-state index in [0.29, 0.717) is 52.5 Å². The number of imidazole rings is 1. The summed E-state index contributed by atoms with van der Waals surface area (Å²) in [6.07, 6.45) is 4.43. The third kappa shape index (κ3) is 4.25. The van der Waals surface area contributed by atoms with Gasteiger partial charge in [-0.1, -0.05) is 11.6 Å². The number of benzene rings is 2. The quantitative estimate of drug-likeness (QED) is 0.335. The van der Waals surface area contributed by atoms with Crippen LogP contribution < -0.4 is 15.4 Å². The van der Waals surface area contributed by atoms with Crippen molar-refractivity contribution in [2.24, 2.45) is 0 Å². The minimum atomic E-state index is -1.48. The lowest BCUT2D eigenvalue weighted by atomic mass is 9.96. The molecule has 2 aromatic heterocycles. The molecule has 1 aliphatic carbocycles. The Morgan fingerprint density at radius 3 is 2.54 bits per heavy atom. The van der Waals surface area contributed by atoms with E-state index in [1.807, 2.05) is 12.1 Å². The second-order valence-corrected chi connectivity index (χ2v) is 8.40. The molecule has 180 valence electrons. The van der Waals surface area contributed by atoms with E-state index in [1.54, 1.807) is 37.3 Å². The molecule has 35 heavy (non-hydrogen) atoms. The smallest absolute Gasteiger partial charge is 0.229 e. The molecule has 2 N–H and O–H groups in total. The first-order valence-corrected chi connectivity index (χ1v) is 11.1. The molecular formula is C24H20ClF3N6O. The minimum absolute atomic E-state index is 0.295. The molecular weight excluding hydrogens is 481 g/mol. The van der Waals surface area contributed by atoms with Crippen LogP contribution in [0.15, 0.2) is 42.9 Å². The molecule has 2 heterocycles. The van der Waals surface area contributed by atoms with E-state index < -0.39 is 23.4 Å². The summed E-state index contributed by atoms with van der Waals surface area (Å²) < 4.78 is 48.6. The van der Waals surface area contributed by atoms with Gasteiger partial charge in [0.05, 0.1) is 18.5 Å². The van der Waals surface area contributed by atoms with Crippen molar-refractivity contribution in [3.63, 3.8) is 0 Å². The van der Waals surface area contributed by atoms with Crippen molar-refractivity contribution in [3.8, 4) is 11.4 Å². The summed E-state index contributed by atoms with van der Waals surface area (Å²) in [7, 11) is 3.29. The van der Waals surface area contributed by atoms with E-state index in [2.05, 4.69) is 25.6 Å². The van der Waals surface area contributed by atoms with Gasteiger partial charge in [-0.05, 0) is 42.7 Å². The highest BCUT2D eigenvalue weighted by Crippen LogP contribution is 2.41. The standard InChI is InChI=1S/C24H20ClF3N6O/c1-29-23-15-5-4-14(12-7-16(26)21(28)17(27)8-12)22(15)32-24(33-23)31-13-3-6-18(19(9-13)35-2)34-10-20(25)30-11-34/h3,6-11,14H,4-5H2,1-2H3,(H2,29,31,32,33)/t14-/m1/s1. The fourth-order valence-corrected chi connectivity index (χ4v) is 4.50. The number of anilines is 3. The maximum atomic E-state index is 13.9. The first-order chi connectivity index (χ1) is 16.9. The number of hydrogen-bond donors (Lipinski definition) is 2. The van der Waals surface area contributed by atoms with E-state index >= 15 is 0 Å². The number of nitrogens with one attached hydrogen (secondary N) is 2. The second kappa shape index (κ2) is 9.10. The molecule has 0 aliphatic heterocycles. The number of halogens is 4. The Morgan fingerprint density at radius 1 is 1.11 bits per heavy atom. The van der Waals surface area contributed by atoms with Crippen molar-refractivity contribution in [1.82, 2.24) is 19.5 Å². The van der Waals surface area contributed by atoms with E-state index in [9.17, 15) is 13.2 Å². The Bertz CT molecular complexity index is 1400. The van der Waals surface area contributed by atoms with Gasteiger partial charge in [0.2, 0.25) is 5.95 Å². The highest BCUT2D eigenvalue weighted by atomic mass is 35.5. The average molecular weight is 501 g/mol. The average Bonchev–Trinajstić information content (AvgIpc) is 3.48. The molecule has 0 saturated heterocycles. The summed E-state index contributed by atoms with van der Waals surface area (Å²) in [6, 6.07) is 7.49. The van der Waals surface area contributed by atoms with Crippen molar-refractivity contribution < 1.29 is 17.9 Å². The van der Waals surface area contributed by atoms with Crippen LogP contribution in [0.1, 0.15) is 29.2 Å². The number of hydrogen-bond acceptors (Lipinski definition) is 6. The minimum Gasteiger partial charge on any atom is -0.494 e. The fourth-order valence-electron chi connectivity index (χ4n) is 4.35. The van der Waals surface area contributed by atoms with Gasteiger partial charge in [0.15, 0.2) is 17.5 Å². The number of ether oxygens (including phenoxy) is 1. The molecule has 0 unspecified atom stereocenters. The van der Waals surface area contributed by atoms with Gasteiger partial charge >= 0.3 is 0 Å². The van der Waals surface area contributed by atoms with Crippen LogP contribution in [0.2, 0.25) is 5.15 Å². The van der Waals surface area contributed by atoms with Gasteiger partial charge in [0.25, 0.3) is 0 Å². The molecule has 2 aromatic carbocycles. The predicted octanol–water partition coefficient (Wildman–Crippen LogP) is 5.61. The van der Waals surface area contributed by atoms with Crippen molar-refractivity contribution in [1.29, 1.82) is 0 Å². The highest BCUT2D eigenvalue weighted by Gasteiger charge is 2.30. The topological polar surface area (TPSA) is 76.9 Å². The van der Waals surface area contributed by atoms with Crippen LogP contribution in [-0.2, 0) is 6.42 Å². The number of methoxy groups -OCH3 is 1. The van der Waals surface area contributed by atoms with Crippen molar-refractivity contribution in [2.75, 3.05) is 24.8 Å². The summed E-state index contributed by atoms with van der Waals surface area (Å²) in [4.78, 5) is 13.2. The van der Waals surface area contributed by atoms with Crippen LogP contribution in [0.5, 0.6) is 5.75 Å². The Labute approximate surface area is 204 Å². The summed E-state index contributed by atoms with van der Waals surface area (Å²) in [5, 5.41) is 6.59. The molecule has 4 aromatic rings. The van der Waals surface area contributed by atoms with Gasteiger partial charge in [-0.3, -0.25) is 0 Å². The number of aromatic nitrogens is 4. The molecule has 11 heteroatoms. The molecule has 1 atom stereocenters. The lowest BCUT2D eigenvalue weighted by molar-refractivity contribution is 0.413. The summed E-state index contributed by atoms with van der Waals surface area (Å²) in [5.74, 6) is -2.85. The van der Waals surface area contributed by atoms with E-state index in [4.69, 9.17) is 16.3 Å². The lowest BCUT2D eigenvalue weighted by Crippen LogP contribution is -2.08. The Kier molecular flexibility index (Phi) is 5.98. The van der Waals surface area contributed by atoms with Gasteiger partial charge in [-0.15, -0.1) is 0 Å². The van der Waals surface area contributed by atoms with Crippen LogP contribution in [0.4, 0.5) is 30.6 Å². The summed E-state index contributed by atoms with van der Waals surface area (Å²) >= 11 is 5.93. The van der Waals surface area contributed by atoms with Crippen LogP contribution in [-0.4, -0.2) is 33.7 Å². The second-order valence-electron chi connectivity index (χ2n) is 8.01. The molecule has 0 bridgehead atoms. The summed E-state index contributed by atoms with van der Waals surface area (Å²) in [6.45, 7) is 0. The van der Waals surface area contributed by atoms with Gasteiger partial charge in [0.1, 0.15) is 23.0 Å². The molecule has 0 amide bonds. The maximum Gasteiger partial charge on any atom is 0.229 e. The first kappa shape index (κ1) is 23.0. The van der Waals surface area contributed by atoms with Gasteiger partial charge in [0, 0.05) is 36.5 Å². The number of fused-ring (bicyclic) bond motifs is 1. The van der Waals surface area contributed by atoms with E-state index in [0.717, 1.165) is 23.4 Å². The first-order valence-electron chi connectivity index (χ1n) is 10.8. The SMILES string of the molecule is CNc1nc(Nc2ccc(-n3cnc(Cl)c3)c(OC)c2)nc2c1CC[C@@H]2c1cc(F)c(F)c(F)c1. The van der Waals surface area contributed by atoms with Gasteiger partial charge in [-0.2, -0.15) is 4.98 Å². The van der Waals surface area contributed by atoms with Crippen LogP contribution >= 0.6 is 11.6 Å². The molecule has 0 fully saturated rings. The van der Waals surface area contributed by atoms with Crippen LogP contribution in [0, 0.1) is 17.5 Å². The zero-order chi connectivity index (χ0) is 24.7. The third-order valence-electron chi connectivity index (χ3n) is 5.96. The number of rotatable bonds is 6. The van der Waals surface area contributed by atoms with E-state index in [-0.39, 0.29) is 0 Å². The molecule has 7 nitrogen and oxygen atoms in total. The van der Waals surface area contributed by atoms with Crippen LogP contribution in [0.25, 0.3) is 5.69 Å². The molecule has 0 saturated carbocycles. The molecule has 0 spiro atoms.